The van der Waals surface area contributed by atoms with Crippen LogP contribution >= 0.6 is 0 Å². The van der Waals surface area contributed by atoms with Crippen LogP contribution in [0.3, 0.4) is 0 Å². The van der Waals surface area contributed by atoms with Crippen LogP contribution in [0.2, 0.25) is 6.04 Å². The summed E-state index contributed by atoms with van der Waals surface area (Å²) in [4.78, 5) is 0. The number of hydrogen-bond donors (Lipinski definition) is 2. The van der Waals surface area contributed by atoms with Crippen molar-refractivity contribution in [3.8, 4) is 0 Å². The van der Waals surface area contributed by atoms with Gasteiger partial charge in [0.1, 0.15) is 0 Å². The average Bonchev–Trinajstić information content (AvgIpc) is 2.31. The summed E-state index contributed by atoms with van der Waals surface area (Å²) in [6.45, 7) is 5.47. The molecule has 0 amide bonds. The van der Waals surface area contributed by atoms with Gasteiger partial charge in [-0.2, -0.15) is 0 Å². The van der Waals surface area contributed by atoms with Crippen molar-refractivity contribution in [3.05, 3.63) is 0 Å². The molecule has 2 N–H and O–H groups in total. The Kier molecular flexibility index (Phi) is 17.3. The summed E-state index contributed by atoms with van der Waals surface area (Å²) in [7, 11) is 5.86. The van der Waals surface area contributed by atoms with Gasteiger partial charge in [0.05, 0.1) is 0 Å². The Balaban J connectivity index is 0. The van der Waals surface area contributed by atoms with Gasteiger partial charge in [0.25, 0.3) is 0 Å². The average molecular weight is 250 g/mol. The van der Waals surface area contributed by atoms with Gasteiger partial charge in [-0.15, -0.1) is 0 Å². The Morgan fingerprint density at radius 1 is 1.12 bits per heavy atom. The third-order valence-electron chi connectivity index (χ3n) is 2.18. The lowest BCUT2D eigenvalue weighted by atomic mass is 10.2. The van der Waals surface area contributed by atoms with Crippen molar-refractivity contribution in [2.45, 2.75) is 38.8 Å². The molecule has 0 rings (SSSR count). The third kappa shape index (κ3) is 12.1. The van der Waals surface area contributed by atoms with E-state index in [-0.39, 0.29) is 0 Å². The lowest BCUT2D eigenvalue weighted by Crippen LogP contribution is -2.35. The van der Waals surface area contributed by atoms with Crippen LogP contribution in [0, 0.1) is 0 Å². The molecule has 100 valence electrons. The largest absolute Gasteiger partial charge is 0.400 e. The quantitative estimate of drug-likeness (QED) is 0.634. The zero-order chi connectivity index (χ0) is 12.8. The first-order valence-corrected chi connectivity index (χ1v) is 7.83. The van der Waals surface area contributed by atoms with Gasteiger partial charge >= 0.3 is 9.28 Å². The minimum absolute atomic E-state index is 0.566. The number of rotatable bonds is 8. The first kappa shape index (κ1) is 18.4. The lowest BCUT2D eigenvalue weighted by molar-refractivity contribution is 0.271. The molecule has 0 aromatic heterocycles. The molecule has 4 nitrogen and oxygen atoms in total. The molecule has 0 aromatic rings. The van der Waals surface area contributed by atoms with E-state index in [1.807, 2.05) is 14.1 Å². The molecule has 0 aliphatic rings. The van der Waals surface area contributed by atoms with Crippen molar-refractivity contribution >= 4 is 9.28 Å². The molecule has 0 heterocycles. The van der Waals surface area contributed by atoms with Crippen molar-refractivity contribution in [2.24, 2.45) is 0 Å². The fourth-order valence-electron chi connectivity index (χ4n) is 1.26. The van der Waals surface area contributed by atoms with E-state index in [2.05, 4.69) is 24.5 Å². The smallest absolute Gasteiger partial charge is 0.322 e. The van der Waals surface area contributed by atoms with Crippen molar-refractivity contribution in [1.82, 2.24) is 10.6 Å². The van der Waals surface area contributed by atoms with Crippen LogP contribution in [0.15, 0.2) is 0 Å². The predicted molar refractivity (Wildman–Crippen MR) is 73.3 cm³/mol. The molecule has 0 aliphatic heterocycles. The van der Waals surface area contributed by atoms with Gasteiger partial charge in [-0.25, -0.2) is 0 Å². The van der Waals surface area contributed by atoms with Gasteiger partial charge in [0.15, 0.2) is 0 Å². The zero-order valence-corrected chi connectivity index (χ0v) is 13.0. The second kappa shape index (κ2) is 15.1. The Morgan fingerprint density at radius 2 is 1.62 bits per heavy atom. The van der Waals surface area contributed by atoms with E-state index < -0.39 is 9.28 Å². The minimum atomic E-state index is -1.37. The normalized spacial score (nSPS) is 12.2. The van der Waals surface area contributed by atoms with Crippen molar-refractivity contribution in [2.75, 3.05) is 34.9 Å². The topological polar surface area (TPSA) is 42.5 Å². The van der Waals surface area contributed by atoms with E-state index >= 15 is 0 Å². The molecule has 0 radical (unpaired) electrons. The standard InChI is InChI=1S/C9H23NO2Si.C2H7N/c1-5-7-10-9(6-2)8-13(11-3)12-4;1-3-2/h9-10,13H,5-8H2,1-4H3;3H,1-2H3. The second-order valence-corrected chi connectivity index (χ2v) is 5.97. The molecular weight excluding hydrogens is 220 g/mol. The SMILES string of the molecule is CCCNC(CC)C[SiH](OC)OC.CNC. The maximum Gasteiger partial charge on any atom is 0.322 e. The molecule has 0 aliphatic carbocycles. The third-order valence-corrected chi connectivity index (χ3v) is 4.18. The molecule has 0 saturated carbocycles. The van der Waals surface area contributed by atoms with Gasteiger partial charge in [-0.1, -0.05) is 13.8 Å². The van der Waals surface area contributed by atoms with Crippen molar-refractivity contribution in [3.63, 3.8) is 0 Å². The van der Waals surface area contributed by atoms with Crippen molar-refractivity contribution in [1.29, 1.82) is 0 Å². The summed E-state index contributed by atoms with van der Waals surface area (Å²) >= 11 is 0. The minimum Gasteiger partial charge on any atom is -0.400 e. The van der Waals surface area contributed by atoms with Crippen LogP contribution in [0.4, 0.5) is 0 Å². The molecule has 0 fully saturated rings. The summed E-state index contributed by atoms with van der Waals surface area (Å²) < 4.78 is 10.6. The van der Waals surface area contributed by atoms with Crippen molar-refractivity contribution < 1.29 is 8.85 Å². The van der Waals surface area contributed by atoms with Crippen LogP contribution in [0.25, 0.3) is 0 Å². The Hall–Kier alpha value is 0.0569. The summed E-state index contributed by atoms with van der Waals surface area (Å²) in [5.74, 6) is 0. The fraction of sp³-hybridized carbons (Fsp3) is 1.00. The van der Waals surface area contributed by atoms with E-state index in [0.29, 0.717) is 6.04 Å². The zero-order valence-electron chi connectivity index (χ0n) is 11.8. The monoisotopic (exact) mass is 250 g/mol. The molecule has 16 heavy (non-hydrogen) atoms. The van der Waals surface area contributed by atoms with Crippen LogP contribution in [0.5, 0.6) is 0 Å². The van der Waals surface area contributed by atoms with Gasteiger partial charge in [0, 0.05) is 26.3 Å². The highest BCUT2D eigenvalue weighted by atomic mass is 28.3. The Labute approximate surface area is 103 Å². The highest BCUT2D eigenvalue weighted by Crippen LogP contribution is 2.04. The number of hydrogen-bond acceptors (Lipinski definition) is 4. The summed E-state index contributed by atoms with van der Waals surface area (Å²) in [5, 5.41) is 6.24. The van der Waals surface area contributed by atoms with Crippen LogP contribution in [0.1, 0.15) is 26.7 Å². The predicted octanol–water partition coefficient (Wildman–Crippen LogP) is 1.11. The molecule has 0 aromatic carbocycles. The summed E-state index contributed by atoms with van der Waals surface area (Å²) in [5.41, 5.74) is 0. The van der Waals surface area contributed by atoms with Gasteiger partial charge in [-0.05, 0) is 33.5 Å². The van der Waals surface area contributed by atoms with E-state index in [1.54, 1.807) is 14.2 Å². The maximum atomic E-state index is 5.29. The molecule has 1 atom stereocenters. The van der Waals surface area contributed by atoms with E-state index in [0.717, 1.165) is 19.0 Å². The molecule has 0 bridgehead atoms. The molecule has 5 heteroatoms. The molecular formula is C11H30N2O2Si. The number of nitrogens with one attached hydrogen (secondary N) is 2. The molecule has 1 unspecified atom stereocenters. The van der Waals surface area contributed by atoms with Gasteiger partial charge in [0.2, 0.25) is 0 Å². The van der Waals surface area contributed by atoms with Crippen LogP contribution in [-0.2, 0) is 8.85 Å². The second-order valence-electron chi connectivity index (χ2n) is 3.70. The Morgan fingerprint density at radius 3 is 1.94 bits per heavy atom. The van der Waals surface area contributed by atoms with Gasteiger partial charge < -0.3 is 19.5 Å². The first-order chi connectivity index (χ1) is 7.69. The highest BCUT2D eigenvalue weighted by molar-refractivity contribution is 6.44. The first-order valence-electron chi connectivity index (χ1n) is 6.07. The van der Waals surface area contributed by atoms with E-state index in [4.69, 9.17) is 8.85 Å². The lowest BCUT2D eigenvalue weighted by Gasteiger charge is -2.19. The maximum absolute atomic E-state index is 5.29. The van der Waals surface area contributed by atoms with Crippen LogP contribution < -0.4 is 10.6 Å². The van der Waals surface area contributed by atoms with E-state index in [9.17, 15) is 0 Å². The highest BCUT2D eigenvalue weighted by Gasteiger charge is 2.15. The summed E-state index contributed by atoms with van der Waals surface area (Å²) in [6.07, 6.45) is 2.33. The fourth-order valence-corrected chi connectivity index (χ4v) is 2.81. The summed E-state index contributed by atoms with van der Waals surface area (Å²) in [6, 6.07) is 1.63. The Bertz CT molecular complexity index is 125. The van der Waals surface area contributed by atoms with E-state index in [1.165, 1.54) is 6.42 Å². The molecule has 0 saturated heterocycles. The van der Waals surface area contributed by atoms with Gasteiger partial charge in [-0.3, -0.25) is 0 Å². The molecule has 0 spiro atoms. The van der Waals surface area contributed by atoms with Crippen LogP contribution in [-0.4, -0.2) is 50.2 Å².